The van der Waals surface area contributed by atoms with Crippen molar-refractivity contribution >= 4 is 17.6 Å². The highest BCUT2D eigenvalue weighted by Gasteiger charge is 2.28. The molecule has 1 saturated heterocycles. The van der Waals surface area contributed by atoms with Gasteiger partial charge in [0.25, 0.3) is 0 Å². The smallest absolute Gasteiger partial charge is 0.243 e. The number of hydrogen-bond donors (Lipinski definition) is 4. The Balaban J connectivity index is 1.99. The molecule has 1 aromatic carbocycles. The van der Waals surface area contributed by atoms with Crippen LogP contribution in [0.3, 0.4) is 0 Å². The number of carbonyl (C=O) groups excluding carboxylic acids is 3. The summed E-state index contributed by atoms with van der Waals surface area (Å²) in [7, 11) is 0. The number of nitrogens with one attached hydrogen (secondary N) is 3. The molecule has 1 fully saturated rings. The molecule has 1 aliphatic rings. The highest BCUT2D eigenvalue weighted by atomic mass is 16.3. The maximum Gasteiger partial charge on any atom is 0.243 e. The SMILES string of the molecule is CCCCC(NC(=O)C1CCNCC1)C(=O)NC(CCc1ccccc1)C(=O)CO. The molecular weight excluding hydrogens is 382 g/mol. The van der Waals surface area contributed by atoms with Crippen LogP contribution in [0.25, 0.3) is 0 Å². The molecular formula is C23H35N3O4. The Labute approximate surface area is 179 Å². The van der Waals surface area contributed by atoms with E-state index < -0.39 is 24.5 Å². The Kier molecular flexibility index (Phi) is 10.5. The van der Waals surface area contributed by atoms with E-state index in [2.05, 4.69) is 16.0 Å². The van der Waals surface area contributed by atoms with E-state index in [0.717, 1.165) is 44.3 Å². The van der Waals surface area contributed by atoms with Gasteiger partial charge in [0, 0.05) is 5.92 Å². The van der Waals surface area contributed by atoms with E-state index in [0.29, 0.717) is 19.3 Å². The highest BCUT2D eigenvalue weighted by molar-refractivity contribution is 5.93. The summed E-state index contributed by atoms with van der Waals surface area (Å²) in [5, 5.41) is 18.3. The van der Waals surface area contributed by atoms with Gasteiger partial charge >= 0.3 is 0 Å². The normalized spacial score (nSPS) is 16.5. The van der Waals surface area contributed by atoms with Gasteiger partial charge in [-0.05, 0) is 50.8 Å². The number of amides is 2. The first-order valence-electron chi connectivity index (χ1n) is 11.0. The Hall–Kier alpha value is -2.25. The average Bonchev–Trinajstić information content (AvgIpc) is 2.79. The second-order valence-electron chi connectivity index (χ2n) is 7.94. The number of aliphatic hydroxyl groups excluding tert-OH is 1. The second kappa shape index (κ2) is 13.1. The van der Waals surface area contributed by atoms with E-state index in [9.17, 15) is 19.5 Å². The van der Waals surface area contributed by atoms with Crippen LogP contribution in [-0.2, 0) is 20.8 Å². The minimum Gasteiger partial charge on any atom is -0.389 e. The largest absolute Gasteiger partial charge is 0.389 e. The van der Waals surface area contributed by atoms with Gasteiger partial charge < -0.3 is 21.1 Å². The van der Waals surface area contributed by atoms with Crippen molar-refractivity contribution in [1.82, 2.24) is 16.0 Å². The third-order valence-electron chi connectivity index (χ3n) is 5.61. The predicted molar refractivity (Wildman–Crippen MR) is 116 cm³/mol. The third kappa shape index (κ3) is 7.88. The maximum absolute atomic E-state index is 12.9. The summed E-state index contributed by atoms with van der Waals surface area (Å²) >= 11 is 0. The lowest BCUT2D eigenvalue weighted by Gasteiger charge is -2.26. The minimum absolute atomic E-state index is 0.0869. The topological polar surface area (TPSA) is 108 Å². The maximum atomic E-state index is 12.9. The summed E-state index contributed by atoms with van der Waals surface area (Å²) in [6, 6.07) is 8.25. The summed E-state index contributed by atoms with van der Waals surface area (Å²) in [5.41, 5.74) is 1.06. The summed E-state index contributed by atoms with van der Waals surface area (Å²) in [4.78, 5) is 37.8. The fraction of sp³-hybridized carbons (Fsp3) is 0.609. The molecule has 4 N–H and O–H groups in total. The van der Waals surface area contributed by atoms with Gasteiger partial charge in [0.15, 0.2) is 5.78 Å². The summed E-state index contributed by atoms with van der Waals surface area (Å²) in [5.74, 6) is -0.956. The first-order chi connectivity index (χ1) is 14.5. The van der Waals surface area contributed by atoms with E-state index >= 15 is 0 Å². The van der Waals surface area contributed by atoms with Crippen LogP contribution in [0.1, 0.15) is 51.0 Å². The molecule has 7 nitrogen and oxygen atoms in total. The van der Waals surface area contributed by atoms with Gasteiger partial charge in [0.05, 0.1) is 6.04 Å². The van der Waals surface area contributed by atoms with Crippen molar-refractivity contribution in [3.05, 3.63) is 35.9 Å². The Morgan fingerprint density at radius 3 is 2.40 bits per heavy atom. The molecule has 1 aromatic rings. The fourth-order valence-electron chi connectivity index (χ4n) is 3.70. The summed E-state index contributed by atoms with van der Waals surface area (Å²) in [6.07, 6.45) is 4.76. The van der Waals surface area contributed by atoms with Crippen molar-refractivity contribution < 1.29 is 19.5 Å². The molecule has 0 spiro atoms. The zero-order valence-electron chi connectivity index (χ0n) is 17.9. The monoisotopic (exact) mass is 417 g/mol. The van der Waals surface area contributed by atoms with Gasteiger partial charge in [0.2, 0.25) is 11.8 Å². The number of unbranched alkanes of at least 4 members (excludes halogenated alkanes) is 1. The predicted octanol–water partition coefficient (Wildman–Crippen LogP) is 1.34. The molecule has 166 valence electrons. The molecule has 0 bridgehead atoms. The third-order valence-corrected chi connectivity index (χ3v) is 5.61. The molecule has 0 aliphatic carbocycles. The Morgan fingerprint density at radius 1 is 1.07 bits per heavy atom. The van der Waals surface area contributed by atoms with Crippen LogP contribution in [0.15, 0.2) is 30.3 Å². The number of ketones is 1. The van der Waals surface area contributed by atoms with Crippen LogP contribution < -0.4 is 16.0 Å². The van der Waals surface area contributed by atoms with Crippen molar-refractivity contribution in [2.75, 3.05) is 19.7 Å². The van der Waals surface area contributed by atoms with Crippen LogP contribution in [0.2, 0.25) is 0 Å². The first kappa shape index (κ1) is 24.0. The Bertz CT molecular complexity index is 674. The molecule has 2 unspecified atom stereocenters. The molecule has 7 heteroatoms. The molecule has 1 heterocycles. The quantitative estimate of drug-likeness (QED) is 0.411. The van der Waals surface area contributed by atoms with Gasteiger partial charge in [0.1, 0.15) is 12.6 Å². The van der Waals surface area contributed by atoms with Crippen LogP contribution in [0.5, 0.6) is 0 Å². The number of carbonyl (C=O) groups is 3. The second-order valence-corrected chi connectivity index (χ2v) is 7.94. The summed E-state index contributed by atoms with van der Waals surface area (Å²) < 4.78 is 0. The highest BCUT2D eigenvalue weighted by Crippen LogP contribution is 2.13. The summed E-state index contributed by atoms with van der Waals surface area (Å²) in [6.45, 7) is 3.01. The van der Waals surface area contributed by atoms with Gasteiger partial charge in [-0.25, -0.2) is 0 Å². The number of hydrogen-bond acceptors (Lipinski definition) is 5. The van der Waals surface area contributed by atoms with Gasteiger partial charge in [-0.15, -0.1) is 0 Å². The molecule has 0 radical (unpaired) electrons. The fourth-order valence-corrected chi connectivity index (χ4v) is 3.70. The van der Waals surface area contributed by atoms with E-state index in [-0.39, 0.29) is 17.7 Å². The van der Waals surface area contributed by atoms with E-state index in [4.69, 9.17) is 0 Å². The zero-order valence-corrected chi connectivity index (χ0v) is 17.9. The number of piperidine rings is 1. The van der Waals surface area contributed by atoms with Crippen molar-refractivity contribution in [2.24, 2.45) is 5.92 Å². The van der Waals surface area contributed by atoms with Crippen molar-refractivity contribution in [3.8, 4) is 0 Å². The minimum atomic E-state index is -0.775. The number of aliphatic hydroxyl groups is 1. The van der Waals surface area contributed by atoms with Gasteiger partial charge in [-0.2, -0.15) is 0 Å². The first-order valence-corrected chi connectivity index (χ1v) is 11.0. The van der Waals surface area contributed by atoms with Crippen LogP contribution in [-0.4, -0.2) is 54.5 Å². The number of Topliss-reactive ketones (excluding diaryl/α,β-unsaturated/α-hetero) is 1. The van der Waals surface area contributed by atoms with Gasteiger partial charge in [-0.3, -0.25) is 14.4 Å². The van der Waals surface area contributed by atoms with E-state index in [1.54, 1.807) is 0 Å². The number of aryl methyl sites for hydroxylation is 1. The Morgan fingerprint density at radius 2 is 1.77 bits per heavy atom. The molecule has 2 amide bonds. The number of benzene rings is 1. The van der Waals surface area contributed by atoms with Crippen LogP contribution >= 0.6 is 0 Å². The van der Waals surface area contributed by atoms with E-state index in [1.807, 2.05) is 37.3 Å². The zero-order chi connectivity index (χ0) is 21.8. The average molecular weight is 418 g/mol. The lowest BCUT2D eigenvalue weighted by molar-refractivity contribution is -0.133. The molecule has 0 saturated carbocycles. The van der Waals surface area contributed by atoms with Crippen LogP contribution in [0.4, 0.5) is 0 Å². The van der Waals surface area contributed by atoms with Crippen molar-refractivity contribution in [3.63, 3.8) is 0 Å². The molecule has 30 heavy (non-hydrogen) atoms. The number of rotatable bonds is 12. The van der Waals surface area contributed by atoms with E-state index in [1.165, 1.54) is 0 Å². The standard InChI is InChI=1S/C23H35N3O4/c1-2-3-9-20(26-22(29)18-12-14-24-15-13-18)23(30)25-19(21(28)16-27)11-10-17-7-5-4-6-8-17/h4-8,18-20,24,27H,2-3,9-16H2,1H3,(H,25,30)(H,26,29). The van der Waals surface area contributed by atoms with Crippen molar-refractivity contribution in [1.29, 1.82) is 0 Å². The lowest BCUT2D eigenvalue weighted by Crippen LogP contribution is -2.53. The molecule has 0 aromatic heterocycles. The van der Waals surface area contributed by atoms with Crippen molar-refractivity contribution in [2.45, 2.75) is 64.0 Å². The van der Waals surface area contributed by atoms with Gasteiger partial charge in [-0.1, -0.05) is 50.1 Å². The van der Waals surface area contributed by atoms with Crippen LogP contribution in [0, 0.1) is 5.92 Å². The molecule has 2 atom stereocenters. The lowest BCUT2D eigenvalue weighted by atomic mass is 9.96. The molecule has 2 rings (SSSR count). The molecule has 1 aliphatic heterocycles.